The SMILES string of the molecule is O=C(CN1CCNCC1c1ccccc1)Nc1nc2cc3nc(NC(=O)CN4CCNCC4c4ccccc4)sc3cc2s1. The van der Waals surface area contributed by atoms with Crippen molar-refractivity contribution in [1.82, 2.24) is 30.4 Å². The van der Waals surface area contributed by atoms with E-state index in [-0.39, 0.29) is 23.9 Å². The molecule has 3 aromatic carbocycles. The van der Waals surface area contributed by atoms with Crippen molar-refractivity contribution in [2.24, 2.45) is 0 Å². The number of nitrogens with zero attached hydrogens (tertiary/aromatic N) is 4. The van der Waals surface area contributed by atoms with Crippen LogP contribution in [0.25, 0.3) is 20.4 Å². The zero-order valence-corrected chi connectivity index (χ0v) is 25.8. The Morgan fingerprint density at radius 3 is 1.61 bits per heavy atom. The van der Waals surface area contributed by atoms with Crippen molar-refractivity contribution in [2.75, 3.05) is 63.0 Å². The van der Waals surface area contributed by atoms with E-state index in [4.69, 9.17) is 0 Å². The molecule has 5 aromatic rings. The second kappa shape index (κ2) is 13.1. The van der Waals surface area contributed by atoms with Gasteiger partial charge >= 0.3 is 0 Å². The highest BCUT2D eigenvalue weighted by molar-refractivity contribution is 7.24. The average molecular weight is 627 g/mol. The predicted molar refractivity (Wildman–Crippen MR) is 177 cm³/mol. The van der Waals surface area contributed by atoms with Gasteiger partial charge < -0.3 is 21.3 Å². The Hall–Kier alpha value is -3.78. The Morgan fingerprint density at radius 2 is 1.16 bits per heavy atom. The number of benzene rings is 3. The summed E-state index contributed by atoms with van der Waals surface area (Å²) in [7, 11) is 0. The summed E-state index contributed by atoms with van der Waals surface area (Å²) in [5.74, 6) is -0.147. The number of piperazine rings is 2. The third-order valence-electron chi connectivity index (χ3n) is 8.16. The zero-order valence-electron chi connectivity index (χ0n) is 24.2. The number of hydrogen-bond acceptors (Lipinski definition) is 10. The van der Waals surface area contributed by atoms with Gasteiger partial charge in [-0.05, 0) is 23.3 Å². The molecule has 4 N–H and O–H groups in total. The highest BCUT2D eigenvalue weighted by Gasteiger charge is 2.27. The smallest absolute Gasteiger partial charge is 0.240 e. The number of carbonyl (C=O) groups excluding carboxylic acids is 2. The standard InChI is InChI=1S/C32H34N8O2S2/c41-29(19-39-13-11-33-17-25(39)21-7-3-1-4-8-21)37-31-35-23-15-24-28(16-27(23)43-31)44-32(36-24)38-30(42)20-40-14-12-34-18-26(40)22-9-5-2-6-10-22/h1-10,15-16,25-26,33-34H,11-14,17-20H2,(H,35,37,41)(H,36,38,42). The normalized spacial score (nSPS) is 19.7. The molecule has 2 aliphatic heterocycles. The summed E-state index contributed by atoms with van der Waals surface area (Å²) in [4.78, 5) is 39.9. The first-order valence-corrected chi connectivity index (χ1v) is 16.5. The summed E-state index contributed by atoms with van der Waals surface area (Å²) in [6, 6.07) is 24.9. The number of carbonyl (C=O) groups is 2. The molecule has 44 heavy (non-hydrogen) atoms. The van der Waals surface area contributed by atoms with Gasteiger partial charge in [-0.3, -0.25) is 19.4 Å². The van der Waals surface area contributed by atoms with Gasteiger partial charge in [0.05, 0.1) is 33.5 Å². The van der Waals surface area contributed by atoms with Crippen molar-refractivity contribution in [3.63, 3.8) is 0 Å². The van der Waals surface area contributed by atoms with Crippen molar-refractivity contribution in [1.29, 1.82) is 0 Å². The van der Waals surface area contributed by atoms with E-state index < -0.39 is 0 Å². The third-order valence-corrected chi connectivity index (χ3v) is 10.0. The van der Waals surface area contributed by atoms with Crippen LogP contribution in [0.15, 0.2) is 72.8 Å². The number of aromatic nitrogens is 2. The lowest BCUT2D eigenvalue weighted by molar-refractivity contribution is -0.118. The molecule has 0 aliphatic carbocycles. The Bertz CT molecular complexity index is 1580. The van der Waals surface area contributed by atoms with E-state index in [1.165, 1.54) is 33.8 Å². The Balaban J connectivity index is 0.990. The van der Waals surface area contributed by atoms with E-state index in [0.29, 0.717) is 23.4 Å². The molecule has 2 fully saturated rings. The molecule has 2 aliphatic rings. The van der Waals surface area contributed by atoms with Gasteiger partial charge in [0, 0.05) is 51.4 Å². The predicted octanol–water partition coefficient (Wildman–Crippen LogP) is 4.08. The molecule has 2 saturated heterocycles. The van der Waals surface area contributed by atoms with Crippen LogP contribution in [0, 0.1) is 0 Å². The van der Waals surface area contributed by atoms with Crippen LogP contribution in [0.3, 0.4) is 0 Å². The third kappa shape index (κ3) is 6.50. The van der Waals surface area contributed by atoms with Crippen LogP contribution in [-0.2, 0) is 9.59 Å². The van der Waals surface area contributed by atoms with Crippen molar-refractivity contribution in [2.45, 2.75) is 12.1 Å². The van der Waals surface area contributed by atoms with Gasteiger partial charge in [0.1, 0.15) is 0 Å². The number of fused-ring (bicyclic) bond motifs is 2. The summed E-state index contributed by atoms with van der Waals surface area (Å²) in [6.07, 6.45) is 0. The molecule has 2 atom stereocenters. The Morgan fingerprint density at radius 1 is 0.705 bits per heavy atom. The van der Waals surface area contributed by atoms with Crippen molar-refractivity contribution >= 4 is 65.2 Å². The molecule has 2 unspecified atom stereocenters. The molecular weight excluding hydrogens is 593 g/mol. The van der Waals surface area contributed by atoms with Crippen molar-refractivity contribution in [3.05, 3.63) is 83.9 Å². The summed E-state index contributed by atoms with van der Waals surface area (Å²) in [6.45, 7) is 5.55. The van der Waals surface area contributed by atoms with E-state index in [2.05, 4.69) is 65.3 Å². The van der Waals surface area contributed by atoms with Crippen molar-refractivity contribution in [3.8, 4) is 0 Å². The average Bonchev–Trinajstić information content (AvgIpc) is 3.62. The summed E-state index contributed by atoms with van der Waals surface area (Å²) in [5, 5.41) is 14.1. The fourth-order valence-corrected chi connectivity index (χ4v) is 7.90. The van der Waals surface area contributed by atoms with Crippen LogP contribution in [0.1, 0.15) is 23.2 Å². The lowest BCUT2D eigenvalue weighted by Crippen LogP contribution is -2.48. The Labute approximate surface area is 263 Å². The maximum Gasteiger partial charge on any atom is 0.240 e. The van der Waals surface area contributed by atoms with E-state index in [1.54, 1.807) is 0 Å². The number of thiazole rings is 2. The maximum atomic E-state index is 13.0. The summed E-state index contributed by atoms with van der Waals surface area (Å²) < 4.78 is 1.93. The van der Waals surface area contributed by atoms with Gasteiger partial charge in [0.2, 0.25) is 11.8 Å². The lowest BCUT2D eigenvalue weighted by Gasteiger charge is -2.35. The number of nitrogens with one attached hydrogen (secondary N) is 4. The molecule has 12 heteroatoms. The first-order chi connectivity index (χ1) is 21.6. The molecule has 2 aromatic heterocycles. The monoisotopic (exact) mass is 626 g/mol. The molecule has 4 heterocycles. The van der Waals surface area contributed by atoms with Gasteiger partial charge in [-0.15, -0.1) is 0 Å². The zero-order chi connectivity index (χ0) is 29.9. The number of amides is 2. The molecule has 0 bridgehead atoms. The molecule has 0 spiro atoms. The molecule has 226 valence electrons. The first-order valence-electron chi connectivity index (χ1n) is 14.9. The highest BCUT2D eigenvalue weighted by Crippen LogP contribution is 2.34. The fraction of sp³-hybridized carbons (Fsp3) is 0.312. The minimum atomic E-state index is -0.0733. The van der Waals surface area contributed by atoms with Crippen LogP contribution >= 0.6 is 22.7 Å². The van der Waals surface area contributed by atoms with Crippen LogP contribution in [0.5, 0.6) is 0 Å². The Kier molecular flexibility index (Phi) is 8.60. The molecule has 0 saturated carbocycles. The maximum absolute atomic E-state index is 13.0. The van der Waals surface area contributed by atoms with E-state index in [1.807, 2.05) is 48.5 Å². The largest absolute Gasteiger partial charge is 0.314 e. The highest BCUT2D eigenvalue weighted by atomic mass is 32.1. The van der Waals surface area contributed by atoms with Gasteiger partial charge in [0.15, 0.2) is 10.3 Å². The van der Waals surface area contributed by atoms with Crippen LogP contribution in [0.4, 0.5) is 10.3 Å². The van der Waals surface area contributed by atoms with Gasteiger partial charge in [-0.1, -0.05) is 83.3 Å². The topological polar surface area (TPSA) is 115 Å². The van der Waals surface area contributed by atoms with Crippen LogP contribution in [-0.4, -0.2) is 83.9 Å². The van der Waals surface area contributed by atoms with Crippen molar-refractivity contribution < 1.29 is 9.59 Å². The number of anilines is 2. The summed E-state index contributed by atoms with van der Waals surface area (Å²) >= 11 is 2.90. The number of hydrogen-bond donors (Lipinski definition) is 4. The molecule has 10 nitrogen and oxygen atoms in total. The van der Waals surface area contributed by atoms with Crippen LogP contribution < -0.4 is 21.3 Å². The van der Waals surface area contributed by atoms with Crippen LogP contribution in [0.2, 0.25) is 0 Å². The minimum Gasteiger partial charge on any atom is -0.314 e. The second-order valence-corrected chi connectivity index (χ2v) is 13.2. The van der Waals surface area contributed by atoms with Gasteiger partial charge in [-0.2, -0.15) is 0 Å². The first kappa shape index (κ1) is 29.0. The quantitative estimate of drug-likeness (QED) is 0.204. The second-order valence-electron chi connectivity index (χ2n) is 11.1. The number of rotatable bonds is 8. The molecular formula is C32H34N8O2S2. The molecule has 2 amide bonds. The minimum absolute atomic E-state index is 0.0733. The van der Waals surface area contributed by atoms with E-state index in [9.17, 15) is 9.59 Å². The van der Waals surface area contributed by atoms with E-state index in [0.717, 1.165) is 59.7 Å². The van der Waals surface area contributed by atoms with E-state index >= 15 is 0 Å². The van der Waals surface area contributed by atoms with Gasteiger partial charge in [-0.25, -0.2) is 9.97 Å². The fourth-order valence-electron chi connectivity index (χ4n) is 6.02. The molecule has 7 rings (SSSR count). The summed E-state index contributed by atoms with van der Waals surface area (Å²) in [5.41, 5.74) is 3.96. The molecule has 0 radical (unpaired) electrons. The van der Waals surface area contributed by atoms with Gasteiger partial charge in [0.25, 0.3) is 0 Å². The lowest BCUT2D eigenvalue weighted by atomic mass is 10.0.